The lowest BCUT2D eigenvalue weighted by Gasteiger charge is -2.10. The van der Waals surface area contributed by atoms with E-state index in [0.717, 1.165) is 23.2 Å². The van der Waals surface area contributed by atoms with Gasteiger partial charge in [0, 0.05) is 20.3 Å². The van der Waals surface area contributed by atoms with Gasteiger partial charge in [-0.2, -0.15) is 0 Å². The first kappa shape index (κ1) is 9.84. The Kier molecular flexibility index (Phi) is 2.76. The van der Waals surface area contributed by atoms with Gasteiger partial charge in [0.15, 0.2) is 0 Å². The number of aromatic nitrogens is 1. The first-order chi connectivity index (χ1) is 6.07. The van der Waals surface area contributed by atoms with E-state index in [0.29, 0.717) is 0 Å². The van der Waals surface area contributed by atoms with E-state index < -0.39 is 0 Å². The molecule has 0 aliphatic rings. The minimum atomic E-state index is 0.0463. The zero-order chi connectivity index (χ0) is 10.0. The van der Waals surface area contributed by atoms with Crippen molar-refractivity contribution in [1.29, 1.82) is 0 Å². The quantitative estimate of drug-likeness (QED) is 0.737. The third-order valence-corrected chi connectivity index (χ3v) is 2.18. The highest BCUT2D eigenvalue weighted by Crippen LogP contribution is 2.14. The Hall–Kier alpha value is -1.25. The minimum Gasteiger partial charge on any atom is -0.357 e. The Labute approximate surface area is 78.8 Å². The topological polar surface area (TPSA) is 36.1 Å². The van der Waals surface area contributed by atoms with Gasteiger partial charge in [0.25, 0.3) is 5.91 Å². The Morgan fingerprint density at radius 2 is 2.15 bits per heavy atom. The summed E-state index contributed by atoms with van der Waals surface area (Å²) < 4.78 is 0. The van der Waals surface area contributed by atoms with Gasteiger partial charge in [-0.3, -0.25) is 4.79 Å². The number of rotatable bonds is 2. The summed E-state index contributed by atoms with van der Waals surface area (Å²) in [7, 11) is 3.52. The highest BCUT2D eigenvalue weighted by molar-refractivity contribution is 5.93. The van der Waals surface area contributed by atoms with E-state index in [9.17, 15) is 4.79 Å². The molecule has 0 bridgehead atoms. The number of nitrogens with one attached hydrogen (secondary N) is 1. The molecule has 0 aliphatic carbocycles. The number of carbonyl (C=O) groups is 1. The second-order valence-corrected chi connectivity index (χ2v) is 3.38. The van der Waals surface area contributed by atoms with Gasteiger partial charge in [0.1, 0.15) is 5.69 Å². The molecular formula is C10H16N2O. The van der Waals surface area contributed by atoms with E-state index in [1.54, 1.807) is 19.0 Å². The van der Waals surface area contributed by atoms with Crippen molar-refractivity contribution in [2.75, 3.05) is 14.1 Å². The lowest BCUT2D eigenvalue weighted by Crippen LogP contribution is -2.23. The van der Waals surface area contributed by atoms with Crippen LogP contribution in [0.25, 0.3) is 0 Å². The number of hydrogen-bond donors (Lipinski definition) is 1. The maximum absolute atomic E-state index is 11.6. The summed E-state index contributed by atoms with van der Waals surface area (Å²) in [6.07, 6.45) is 2.78. The number of aromatic amines is 1. The summed E-state index contributed by atoms with van der Waals surface area (Å²) in [6, 6.07) is 0. The van der Waals surface area contributed by atoms with Crippen molar-refractivity contribution in [2.45, 2.75) is 20.3 Å². The summed E-state index contributed by atoms with van der Waals surface area (Å²) in [5.41, 5.74) is 3.01. The standard InChI is InChI=1S/C10H16N2O/c1-5-8-7(2)6-11-9(8)10(13)12(3)4/h6,11H,5H2,1-4H3. The van der Waals surface area contributed by atoms with Gasteiger partial charge in [0.2, 0.25) is 0 Å². The van der Waals surface area contributed by atoms with Gasteiger partial charge in [-0.25, -0.2) is 0 Å². The molecule has 0 atom stereocenters. The summed E-state index contributed by atoms with van der Waals surface area (Å²) >= 11 is 0. The third kappa shape index (κ3) is 1.74. The minimum absolute atomic E-state index is 0.0463. The molecule has 0 radical (unpaired) electrons. The second kappa shape index (κ2) is 3.64. The molecule has 0 aromatic carbocycles. The van der Waals surface area contributed by atoms with Crippen LogP contribution >= 0.6 is 0 Å². The number of carbonyl (C=O) groups excluding carboxylic acids is 1. The van der Waals surface area contributed by atoms with Crippen LogP contribution < -0.4 is 0 Å². The smallest absolute Gasteiger partial charge is 0.270 e. The van der Waals surface area contributed by atoms with Crippen LogP contribution in [-0.2, 0) is 6.42 Å². The second-order valence-electron chi connectivity index (χ2n) is 3.38. The maximum Gasteiger partial charge on any atom is 0.270 e. The molecule has 3 heteroatoms. The largest absolute Gasteiger partial charge is 0.357 e. The van der Waals surface area contributed by atoms with Crippen molar-refractivity contribution >= 4 is 5.91 Å². The van der Waals surface area contributed by atoms with Crippen LogP contribution in [0, 0.1) is 6.92 Å². The molecule has 1 aromatic heterocycles. The van der Waals surface area contributed by atoms with Crippen molar-refractivity contribution in [2.24, 2.45) is 0 Å². The van der Waals surface area contributed by atoms with Crippen LogP contribution in [0.4, 0.5) is 0 Å². The van der Waals surface area contributed by atoms with Crippen LogP contribution in [0.5, 0.6) is 0 Å². The predicted octanol–water partition coefficient (Wildman–Crippen LogP) is 1.59. The molecule has 0 spiro atoms. The molecule has 0 saturated carbocycles. The summed E-state index contributed by atoms with van der Waals surface area (Å²) in [6.45, 7) is 4.07. The maximum atomic E-state index is 11.6. The lowest BCUT2D eigenvalue weighted by molar-refractivity contribution is 0.0821. The molecular weight excluding hydrogens is 164 g/mol. The number of nitrogens with zero attached hydrogens (tertiary/aromatic N) is 1. The molecule has 1 rings (SSSR count). The van der Waals surface area contributed by atoms with Crippen molar-refractivity contribution in [1.82, 2.24) is 9.88 Å². The molecule has 1 amide bonds. The molecule has 0 saturated heterocycles. The number of H-pyrrole nitrogens is 1. The average Bonchev–Trinajstić information content (AvgIpc) is 2.45. The fourth-order valence-electron chi connectivity index (χ4n) is 1.42. The van der Waals surface area contributed by atoms with E-state index >= 15 is 0 Å². The SMILES string of the molecule is CCc1c(C)c[nH]c1C(=O)N(C)C. The van der Waals surface area contributed by atoms with Gasteiger partial charge < -0.3 is 9.88 Å². The number of amides is 1. The molecule has 0 unspecified atom stereocenters. The molecule has 13 heavy (non-hydrogen) atoms. The molecule has 1 N–H and O–H groups in total. The first-order valence-corrected chi connectivity index (χ1v) is 4.46. The van der Waals surface area contributed by atoms with Crippen molar-refractivity contribution in [3.05, 3.63) is 23.0 Å². The van der Waals surface area contributed by atoms with Gasteiger partial charge >= 0.3 is 0 Å². The zero-order valence-electron chi connectivity index (χ0n) is 8.64. The molecule has 0 aliphatic heterocycles. The summed E-state index contributed by atoms with van der Waals surface area (Å²) in [5, 5.41) is 0. The number of hydrogen-bond acceptors (Lipinski definition) is 1. The Morgan fingerprint density at radius 1 is 1.54 bits per heavy atom. The van der Waals surface area contributed by atoms with E-state index in [2.05, 4.69) is 11.9 Å². The summed E-state index contributed by atoms with van der Waals surface area (Å²) in [5.74, 6) is 0.0463. The Morgan fingerprint density at radius 3 is 2.62 bits per heavy atom. The molecule has 1 aromatic rings. The molecule has 72 valence electrons. The van der Waals surface area contributed by atoms with E-state index in [1.807, 2.05) is 13.1 Å². The fraction of sp³-hybridized carbons (Fsp3) is 0.500. The molecule has 3 nitrogen and oxygen atoms in total. The van der Waals surface area contributed by atoms with Crippen molar-refractivity contribution in [3.8, 4) is 0 Å². The van der Waals surface area contributed by atoms with Crippen molar-refractivity contribution in [3.63, 3.8) is 0 Å². The van der Waals surface area contributed by atoms with Crippen LogP contribution in [0.15, 0.2) is 6.20 Å². The lowest BCUT2D eigenvalue weighted by atomic mass is 10.1. The molecule has 0 fully saturated rings. The number of aryl methyl sites for hydroxylation is 1. The van der Waals surface area contributed by atoms with Crippen LogP contribution in [-0.4, -0.2) is 29.9 Å². The zero-order valence-corrected chi connectivity index (χ0v) is 8.64. The van der Waals surface area contributed by atoms with Gasteiger partial charge in [0.05, 0.1) is 0 Å². The van der Waals surface area contributed by atoms with Gasteiger partial charge in [-0.15, -0.1) is 0 Å². The highest BCUT2D eigenvalue weighted by Gasteiger charge is 2.15. The van der Waals surface area contributed by atoms with Gasteiger partial charge in [-0.05, 0) is 24.5 Å². The highest BCUT2D eigenvalue weighted by atomic mass is 16.2. The predicted molar refractivity (Wildman–Crippen MR) is 52.9 cm³/mol. The first-order valence-electron chi connectivity index (χ1n) is 4.46. The third-order valence-electron chi connectivity index (χ3n) is 2.18. The monoisotopic (exact) mass is 180 g/mol. The van der Waals surface area contributed by atoms with Crippen molar-refractivity contribution < 1.29 is 4.79 Å². The van der Waals surface area contributed by atoms with E-state index in [-0.39, 0.29) is 5.91 Å². The summed E-state index contributed by atoms with van der Waals surface area (Å²) in [4.78, 5) is 16.2. The van der Waals surface area contributed by atoms with Crippen LogP contribution in [0.3, 0.4) is 0 Å². The average molecular weight is 180 g/mol. The Balaban J connectivity index is 3.07. The van der Waals surface area contributed by atoms with Crippen LogP contribution in [0.2, 0.25) is 0 Å². The Bertz CT molecular complexity index is 313. The normalized spacial score (nSPS) is 10.2. The van der Waals surface area contributed by atoms with E-state index in [1.165, 1.54) is 0 Å². The van der Waals surface area contributed by atoms with E-state index in [4.69, 9.17) is 0 Å². The van der Waals surface area contributed by atoms with Crippen LogP contribution in [0.1, 0.15) is 28.5 Å². The fourth-order valence-corrected chi connectivity index (χ4v) is 1.42. The van der Waals surface area contributed by atoms with Gasteiger partial charge in [-0.1, -0.05) is 6.92 Å². The molecule has 1 heterocycles.